The summed E-state index contributed by atoms with van der Waals surface area (Å²) < 4.78 is 23.6. The summed E-state index contributed by atoms with van der Waals surface area (Å²) in [5.74, 6) is 0.437. The molecule has 4 aromatic heterocycles. The third-order valence-electron chi connectivity index (χ3n) is 6.30. The number of carbonyl (C=O) groups is 1. The van der Waals surface area contributed by atoms with Gasteiger partial charge in [-0.15, -0.1) is 10.2 Å². The highest BCUT2D eigenvalue weighted by Crippen LogP contribution is 2.31. The molecule has 5 heterocycles. The molecule has 12 heteroatoms. The number of nitrogens with zero attached hydrogens (tertiary/aromatic N) is 6. The van der Waals surface area contributed by atoms with Gasteiger partial charge in [-0.3, -0.25) is 10.2 Å². The van der Waals surface area contributed by atoms with Crippen LogP contribution in [0.4, 0.5) is 10.3 Å². The van der Waals surface area contributed by atoms with Gasteiger partial charge in [-0.1, -0.05) is 0 Å². The number of aryl methyl sites for hydroxylation is 1. The van der Waals surface area contributed by atoms with Crippen LogP contribution >= 0.6 is 0 Å². The van der Waals surface area contributed by atoms with Crippen LogP contribution in [-0.4, -0.2) is 41.5 Å². The van der Waals surface area contributed by atoms with Crippen molar-refractivity contribution in [2.45, 2.75) is 26.3 Å². The second-order valence-corrected chi connectivity index (χ2v) is 8.54. The van der Waals surface area contributed by atoms with E-state index in [0.717, 1.165) is 22.6 Å². The van der Waals surface area contributed by atoms with Crippen molar-refractivity contribution in [2.75, 3.05) is 12.0 Å². The molecule has 0 saturated carbocycles. The lowest BCUT2D eigenvalue weighted by Gasteiger charge is -2.14. The minimum Gasteiger partial charge on any atom is -0.493 e. The van der Waals surface area contributed by atoms with Gasteiger partial charge in [-0.2, -0.15) is 0 Å². The monoisotopic (exact) mass is 487 g/mol. The Morgan fingerprint density at radius 1 is 1.17 bits per heavy atom. The first-order valence-electron chi connectivity index (χ1n) is 11.4. The van der Waals surface area contributed by atoms with E-state index in [1.807, 2.05) is 23.5 Å². The van der Waals surface area contributed by atoms with Gasteiger partial charge in [0.05, 0.1) is 18.7 Å². The first-order chi connectivity index (χ1) is 17.5. The Morgan fingerprint density at radius 2 is 2.06 bits per heavy atom. The van der Waals surface area contributed by atoms with Gasteiger partial charge < -0.3 is 14.9 Å². The van der Waals surface area contributed by atoms with Gasteiger partial charge in [0.2, 0.25) is 11.9 Å². The number of amides is 1. The van der Waals surface area contributed by atoms with Crippen LogP contribution in [0.15, 0.2) is 43.0 Å². The second-order valence-electron chi connectivity index (χ2n) is 8.54. The van der Waals surface area contributed by atoms with Crippen molar-refractivity contribution in [1.82, 2.24) is 34.4 Å². The van der Waals surface area contributed by atoms with Crippen molar-refractivity contribution in [3.05, 3.63) is 71.3 Å². The highest BCUT2D eigenvalue weighted by Gasteiger charge is 2.20. The van der Waals surface area contributed by atoms with E-state index < -0.39 is 5.91 Å². The lowest BCUT2D eigenvalue weighted by Crippen LogP contribution is -2.24. The number of nitrogens with two attached hydrogens (primary N) is 1. The van der Waals surface area contributed by atoms with E-state index in [-0.39, 0.29) is 18.8 Å². The number of rotatable bonds is 7. The van der Waals surface area contributed by atoms with Gasteiger partial charge in [0, 0.05) is 53.3 Å². The van der Waals surface area contributed by atoms with Crippen LogP contribution in [0, 0.1) is 12.7 Å². The molecule has 4 N–H and O–H groups in total. The topological polar surface area (TPSA) is 137 Å². The predicted molar refractivity (Wildman–Crippen MR) is 129 cm³/mol. The fraction of sp³-hybridized carbons (Fsp3) is 0.208. The number of fused-ring (bicyclic) bond motifs is 3. The summed E-state index contributed by atoms with van der Waals surface area (Å²) in [6, 6.07) is 6.95. The number of hydrogen-bond donors (Lipinski definition) is 3. The van der Waals surface area contributed by atoms with Gasteiger partial charge in [0.1, 0.15) is 23.5 Å². The maximum atomic E-state index is 14.4. The molecule has 5 aromatic rings. The Morgan fingerprint density at radius 3 is 2.92 bits per heavy atom. The summed E-state index contributed by atoms with van der Waals surface area (Å²) in [6.07, 6.45) is 5.62. The molecule has 1 amide bonds. The number of benzene rings is 1. The van der Waals surface area contributed by atoms with Crippen molar-refractivity contribution in [2.24, 2.45) is 5.73 Å². The van der Waals surface area contributed by atoms with E-state index in [1.165, 1.54) is 6.07 Å². The molecule has 1 aromatic carbocycles. The van der Waals surface area contributed by atoms with Crippen molar-refractivity contribution >= 4 is 23.1 Å². The average molecular weight is 487 g/mol. The smallest absolute Gasteiger partial charge is 0.224 e. The summed E-state index contributed by atoms with van der Waals surface area (Å²) >= 11 is 0. The third-order valence-corrected chi connectivity index (χ3v) is 6.30. The number of halogens is 1. The van der Waals surface area contributed by atoms with Crippen LogP contribution in [-0.2, 0) is 24.2 Å². The predicted octanol–water partition coefficient (Wildman–Crippen LogP) is 1.97. The fourth-order valence-corrected chi connectivity index (χ4v) is 4.66. The number of pyridine rings is 1. The van der Waals surface area contributed by atoms with Crippen LogP contribution in [0.3, 0.4) is 0 Å². The summed E-state index contributed by atoms with van der Waals surface area (Å²) in [6.45, 7) is 2.72. The number of hydrazine groups is 1. The number of nitrogens with one attached hydrogen (secondary N) is 2. The molecular formula is C24H22FN9O2. The summed E-state index contributed by atoms with van der Waals surface area (Å²) in [5, 5.41) is 8.34. The number of anilines is 1. The van der Waals surface area contributed by atoms with Crippen molar-refractivity contribution in [1.29, 1.82) is 0 Å². The zero-order valence-electron chi connectivity index (χ0n) is 19.3. The highest BCUT2D eigenvalue weighted by molar-refractivity contribution is 5.86. The molecule has 36 heavy (non-hydrogen) atoms. The van der Waals surface area contributed by atoms with Crippen molar-refractivity contribution < 1.29 is 13.9 Å². The molecule has 0 fully saturated rings. The van der Waals surface area contributed by atoms with E-state index in [0.29, 0.717) is 47.1 Å². The minimum atomic E-state index is -0.432. The zero-order valence-corrected chi connectivity index (χ0v) is 19.3. The molecule has 1 aliphatic heterocycles. The lowest BCUT2D eigenvalue weighted by atomic mass is 10.0. The lowest BCUT2D eigenvalue weighted by molar-refractivity contribution is -0.117. The summed E-state index contributed by atoms with van der Waals surface area (Å²) in [4.78, 5) is 20.6. The van der Waals surface area contributed by atoms with Gasteiger partial charge in [0.25, 0.3) is 0 Å². The van der Waals surface area contributed by atoms with E-state index in [9.17, 15) is 9.18 Å². The van der Waals surface area contributed by atoms with Crippen molar-refractivity contribution in [3.8, 4) is 16.9 Å². The van der Waals surface area contributed by atoms with Crippen LogP contribution < -0.4 is 21.3 Å². The largest absolute Gasteiger partial charge is 0.493 e. The standard InChI is InChI=1S/C24H22FN9O2/c1-13-2-3-16(22-27-9-14(34(13)22)8-21(26)35)18-10-28-24(33-12-30-31-23(18)33)32-29-11-17-15-6-7-36-20(15)5-4-19(17)25/h2-5,9-10,12,29H,6-8,11H2,1H3,(H2,26,35)(H,28,32). The number of hydrogen-bond acceptors (Lipinski definition) is 8. The van der Waals surface area contributed by atoms with Gasteiger partial charge >= 0.3 is 0 Å². The third kappa shape index (κ3) is 3.58. The quantitative estimate of drug-likeness (QED) is 0.297. The number of primary amides is 1. The molecule has 0 atom stereocenters. The highest BCUT2D eigenvalue weighted by atomic mass is 19.1. The molecule has 0 unspecified atom stereocenters. The Labute approximate surface area is 204 Å². The van der Waals surface area contributed by atoms with Crippen LogP contribution in [0.1, 0.15) is 22.5 Å². The fourth-order valence-electron chi connectivity index (χ4n) is 4.66. The normalized spacial score (nSPS) is 12.7. The minimum absolute atomic E-state index is 0.0793. The van der Waals surface area contributed by atoms with E-state index >= 15 is 0 Å². The maximum absolute atomic E-state index is 14.4. The summed E-state index contributed by atoms with van der Waals surface area (Å²) in [7, 11) is 0. The molecule has 182 valence electrons. The van der Waals surface area contributed by atoms with E-state index in [2.05, 4.69) is 31.0 Å². The number of ether oxygens (including phenoxy) is 1. The average Bonchev–Trinajstić information content (AvgIpc) is 3.61. The zero-order chi connectivity index (χ0) is 24.8. The SMILES string of the molecule is Cc1ccc(-c2cnc(NNCc3c(F)ccc4c3CCO4)n3cnnc23)c2ncc(CC(N)=O)n12. The molecular weight excluding hydrogens is 465 g/mol. The first-order valence-corrected chi connectivity index (χ1v) is 11.4. The maximum Gasteiger partial charge on any atom is 0.224 e. The Hall–Kier alpha value is -4.58. The van der Waals surface area contributed by atoms with E-state index in [4.69, 9.17) is 10.5 Å². The summed E-state index contributed by atoms with van der Waals surface area (Å²) in [5.41, 5.74) is 17.2. The van der Waals surface area contributed by atoms with E-state index in [1.54, 1.807) is 29.2 Å². The molecule has 6 rings (SSSR count). The number of imidazole rings is 1. The van der Waals surface area contributed by atoms with Gasteiger partial charge in [0.15, 0.2) is 5.65 Å². The van der Waals surface area contributed by atoms with Crippen LogP contribution in [0.2, 0.25) is 0 Å². The molecule has 11 nitrogen and oxygen atoms in total. The molecule has 0 saturated heterocycles. The van der Waals surface area contributed by atoms with Gasteiger partial charge in [-0.05, 0) is 31.2 Å². The Bertz CT molecular complexity index is 1640. The number of carbonyl (C=O) groups excluding carboxylic acids is 1. The Kier molecular flexibility index (Phi) is 5.22. The first kappa shape index (κ1) is 21.9. The molecule has 0 radical (unpaired) electrons. The molecule has 0 aliphatic carbocycles. The molecule has 0 bridgehead atoms. The van der Waals surface area contributed by atoms with Crippen LogP contribution in [0.25, 0.3) is 22.4 Å². The van der Waals surface area contributed by atoms with Crippen molar-refractivity contribution in [3.63, 3.8) is 0 Å². The number of aromatic nitrogens is 6. The molecule has 1 aliphatic rings. The molecule has 0 spiro atoms. The second kappa shape index (κ2) is 8.57. The van der Waals surface area contributed by atoms with Gasteiger partial charge in [-0.25, -0.2) is 24.2 Å². The van der Waals surface area contributed by atoms with Crippen LogP contribution in [0.5, 0.6) is 5.75 Å². The Balaban J connectivity index is 1.32.